The Morgan fingerprint density at radius 2 is 1.68 bits per heavy atom. The van der Waals surface area contributed by atoms with E-state index in [1.807, 2.05) is 0 Å². The summed E-state index contributed by atoms with van der Waals surface area (Å²) in [5.41, 5.74) is 4.34. The Balaban J connectivity index is 1.57. The van der Waals surface area contributed by atoms with Gasteiger partial charge in [0.1, 0.15) is 6.07 Å². The highest BCUT2D eigenvalue weighted by Crippen LogP contribution is 2.19. The largest absolute Gasteiger partial charge is 0.380 e. The summed E-state index contributed by atoms with van der Waals surface area (Å²) >= 11 is 0. The van der Waals surface area contributed by atoms with Crippen molar-refractivity contribution in [1.29, 1.82) is 5.26 Å². The second-order valence-electron chi connectivity index (χ2n) is 7.31. The van der Waals surface area contributed by atoms with Gasteiger partial charge in [-0.05, 0) is 42.8 Å². The summed E-state index contributed by atoms with van der Waals surface area (Å²) in [5.74, 6) is -0.00309. The van der Waals surface area contributed by atoms with Gasteiger partial charge >= 0.3 is 0 Å². The molecule has 1 fully saturated rings. The highest BCUT2D eigenvalue weighted by atomic mass is 16.1. The van der Waals surface area contributed by atoms with Crippen LogP contribution in [-0.4, -0.2) is 48.3 Å². The third-order valence-corrected chi connectivity index (χ3v) is 5.37. The number of nitrogens with zero attached hydrogens (tertiary/aromatic N) is 3. The number of anilines is 1. The van der Waals surface area contributed by atoms with Gasteiger partial charge in [-0.15, -0.1) is 0 Å². The van der Waals surface area contributed by atoms with E-state index in [1.165, 1.54) is 12.5 Å². The number of ketones is 1. The number of benzene rings is 2. The van der Waals surface area contributed by atoms with E-state index in [0.717, 1.165) is 44.8 Å². The quantitative estimate of drug-likeness (QED) is 0.750. The molecule has 2 aromatic carbocycles. The van der Waals surface area contributed by atoms with Crippen LogP contribution < -0.4 is 5.32 Å². The third-order valence-electron chi connectivity index (χ3n) is 5.37. The van der Waals surface area contributed by atoms with E-state index in [-0.39, 0.29) is 5.78 Å². The fourth-order valence-corrected chi connectivity index (χ4v) is 3.49. The summed E-state index contributed by atoms with van der Waals surface area (Å²) in [7, 11) is 0. The number of carbonyl (C=O) groups is 1. The Hall–Kier alpha value is -2.68. The molecule has 2 aromatic rings. The van der Waals surface area contributed by atoms with Crippen molar-refractivity contribution in [3.63, 3.8) is 0 Å². The first-order chi connectivity index (χ1) is 13.6. The minimum Gasteiger partial charge on any atom is -0.380 e. The molecule has 5 heteroatoms. The van der Waals surface area contributed by atoms with Gasteiger partial charge in [0.05, 0.1) is 11.3 Å². The Labute approximate surface area is 167 Å². The van der Waals surface area contributed by atoms with Crippen molar-refractivity contribution in [2.45, 2.75) is 26.9 Å². The number of hydrogen-bond donors (Lipinski definition) is 1. The fraction of sp³-hybridized carbons (Fsp3) is 0.391. The summed E-state index contributed by atoms with van der Waals surface area (Å²) in [5, 5.41) is 12.6. The molecule has 28 heavy (non-hydrogen) atoms. The molecule has 0 radical (unpaired) electrons. The number of hydrogen-bond acceptors (Lipinski definition) is 5. The maximum Gasteiger partial charge on any atom is 0.159 e. The summed E-state index contributed by atoms with van der Waals surface area (Å²) < 4.78 is 0. The van der Waals surface area contributed by atoms with Crippen molar-refractivity contribution in [2.24, 2.45) is 0 Å². The molecular weight excluding hydrogens is 348 g/mol. The van der Waals surface area contributed by atoms with Crippen molar-refractivity contribution >= 4 is 11.5 Å². The van der Waals surface area contributed by atoms with E-state index in [2.05, 4.69) is 52.4 Å². The minimum absolute atomic E-state index is 0.00309. The van der Waals surface area contributed by atoms with E-state index in [4.69, 9.17) is 0 Å². The molecule has 0 saturated carbocycles. The summed E-state index contributed by atoms with van der Waals surface area (Å²) in [6, 6.07) is 15.9. The zero-order valence-electron chi connectivity index (χ0n) is 16.7. The summed E-state index contributed by atoms with van der Waals surface area (Å²) in [6.45, 7) is 11.1. The van der Waals surface area contributed by atoms with Gasteiger partial charge in [-0.2, -0.15) is 5.26 Å². The Bertz CT molecular complexity index is 846. The van der Waals surface area contributed by atoms with Gasteiger partial charge in [0, 0.05) is 44.8 Å². The molecule has 3 rings (SSSR count). The first kappa shape index (κ1) is 20.1. The molecule has 1 aliphatic heterocycles. The molecule has 0 aliphatic carbocycles. The summed E-state index contributed by atoms with van der Waals surface area (Å²) in [6.07, 6.45) is 0. The normalized spacial score (nSPS) is 15.2. The lowest BCUT2D eigenvalue weighted by atomic mass is 10.1. The van der Waals surface area contributed by atoms with Gasteiger partial charge in [0.2, 0.25) is 0 Å². The van der Waals surface area contributed by atoms with E-state index in [1.54, 1.807) is 18.2 Å². The minimum atomic E-state index is -0.00309. The number of Topliss-reactive ketones (excluding diaryl/α,β-unsaturated/α-hetero) is 1. The van der Waals surface area contributed by atoms with Crippen LogP contribution in [0.4, 0.5) is 5.69 Å². The molecule has 0 bridgehead atoms. The van der Waals surface area contributed by atoms with Crippen LogP contribution in [0.5, 0.6) is 0 Å². The van der Waals surface area contributed by atoms with Crippen LogP contribution in [0.25, 0.3) is 0 Å². The Morgan fingerprint density at radius 1 is 1.04 bits per heavy atom. The topological polar surface area (TPSA) is 59.4 Å². The van der Waals surface area contributed by atoms with Gasteiger partial charge in [-0.3, -0.25) is 9.69 Å². The van der Waals surface area contributed by atoms with E-state index < -0.39 is 0 Å². The molecule has 5 nitrogen and oxygen atoms in total. The molecule has 0 aromatic heterocycles. The molecule has 1 heterocycles. The third kappa shape index (κ3) is 5.19. The molecule has 146 valence electrons. The van der Waals surface area contributed by atoms with Gasteiger partial charge in [-0.25, -0.2) is 0 Å². The van der Waals surface area contributed by atoms with Crippen LogP contribution in [0.15, 0.2) is 42.5 Å². The van der Waals surface area contributed by atoms with Gasteiger partial charge < -0.3 is 10.2 Å². The highest BCUT2D eigenvalue weighted by Gasteiger charge is 2.15. The zero-order chi connectivity index (χ0) is 19.9. The van der Waals surface area contributed by atoms with Gasteiger partial charge in [0.15, 0.2) is 5.78 Å². The number of nitriles is 1. The molecule has 0 unspecified atom stereocenters. The monoisotopic (exact) mass is 376 g/mol. The van der Waals surface area contributed by atoms with Gasteiger partial charge in [-0.1, -0.05) is 31.2 Å². The van der Waals surface area contributed by atoms with Gasteiger partial charge in [0.25, 0.3) is 0 Å². The first-order valence-electron chi connectivity index (χ1n) is 9.90. The van der Waals surface area contributed by atoms with Crippen molar-refractivity contribution in [3.05, 3.63) is 64.7 Å². The standard InChI is InChI=1S/C23H28N4O/c1-3-26-10-12-27(13-11-26)17-20-6-4-19(5-7-20)16-25-23-14-21(18(2)28)8-9-22(23)15-24/h4-9,14,25H,3,10-13,16-17H2,1-2H3. The SMILES string of the molecule is CCN1CCN(Cc2ccc(CNc3cc(C(C)=O)ccc3C#N)cc2)CC1. The Morgan fingerprint density at radius 3 is 2.29 bits per heavy atom. The van der Waals surface area contributed by atoms with Crippen LogP contribution in [0.2, 0.25) is 0 Å². The molecule has 1 aliphatic rings. The van der Waals surface area contributed by atoms with E-state index in [9.17, 15) is 10.1 Å². The van der Waals surface area contributed by atoms with Crippen LogP contribution in [0.1, 0.15) is 40.9 Å². The van der Waals surface area contributed by atoms with Crippen LogP contribution in [-0.2, 0) is 13.1 Å². The fourth-order valence-electron chi connectivity index (χ4n) is 3.49. The molecule has 1 saturated heterocycles. The number of piperazine rings is 1. The molecule has 0 spiro atoms. The van der Waals surface area contributed by atoms with Crippen molar-refractivity contribution in [2.75, 3.05) is 38.0 Å². The number of carbonyl (C=O) groups excluding carboxylic acids is 1. The average molecular weight is 377 g/mol. The maximum atomic E-state index is 11.6. The smallest absolute Gasteiger partial charge is 0.159 e. The van der Waals surface area contributed by atoms with E-state index >= 15 is 0 Å². The Kier molecular flexibility index (Phi) is 6.80. The molecule has 1 N–H and O–H groups in total. The zero-order valence-corrected chi connectivity index (χ0v) is 16.7. The molecule has 0 atom stereocenters. The predicted octanol–water partition coefficient (Wildman–Crippen LogP) is 3.51. The lowest BCUT2D eigenvalue weighted by Crippen LogP contribution is -2.45. The number of likely N-dealkylation sites (N-methyl/N-ethyl adjacent to an activating group) is 1. The predicted molar refractivity (Wildman–Crippen MR) is 112 cm³/mol. The summed E-state index contributed by atoms with van der Waals surface area (Å²) in [4.78, 5) is 16.6. The van der Waals surface area contributed by atoms with Crippen LogP contribution in [0.3, 0.4) is 0 Å². The van der Waals surface area contributed by atoms with Crippen molar-refractivity contribution in [3.8, 4) is 6.07 Å². The maximum absolute atomic E-state index is 11.6. The number of rotatable bonds is 7. The van der Waals surface area contributed by atoms with E-state index in [0.29, 0.717) is 23.4 Å². The molecular formula is C23H28N4O. The van der Waals surface area contributed by atoms with Crippen molar-refractivity contribution < 1.29 is 4.79 Å². The van der Waals surface area contributed by atoms with Crippen LogP contribution >= 0.6 is 0 Å². The molecule has 0 amide bonds. The average Bonchev–Trinajstić information content (AvgIpc) is 2.73. The van der Waals surface area contributed by atoms with Crippen molar-refractivity contribution in [1.82, 2.24) is 9.80 Å². The lowest BCUT2D eigenvalue weighted by Gasteiger charge is -2.34. The number of nitrogens with one attached hydrogen (secondary N) is 1. The highest BCUT2D eigenvalue weighted by molar-refractivity contribution is 5.95. The second kappa shape index (κ2) is 9.50. The second-order valence-corrected chi connectivity index (χ2v) is 7.31. The van der Waals surface area contributed by atoms with Crippen LogP contribution in [0, 0.1) is 11.3 Å². The lowest BCUT2D eigenvalue weighted by molar-refractivity contribution is 0.101. The first-order valence-corrected chi connectivity index (χ1v) is 9.90.